The first kappa shape index (κ1) is 16.5. The summed E-state index contributed by atoms with van der Waals surface area (Å²) in [6, 6.07) is 0.0860. The summed E-state index contributed by atoms with van der Waals surface area (Å²) >= 11 is 0. The van der Waals surface area contributed by atoms with E-state index in [9.17, 15) is 9.59 Å². The lowest BCUT2D eigenvalue weighted by Crippen LogP contribution is -2.40. The van der Waals surface area contributed by atoms with E-state index in [0.29, 0.717) is 12.8 Å². The van der Waals surface area contributed by atoms with Gasteiger partial charge in [0.15, 0.2) is 0 Å². The predicted octanol–water partition coefficient (Wildman–Crippen LogP) is 1.90. The molecule has 1 unspecified atom stereocenters. The fraction of sp³-hybridized carbons (Fsp3) is 0.688. The highest BCUT2D eigenvalue weighted by atomic mass is 16.4. The van der Waals surface area contributed by atoms with Crippen molar-refractivity contribution in [2.75, 3.05) is 0 Å². The minimum atomic E-state index is -0.722. The molecule has 1 amide bonds. The number of aromatic nitrogens is 2. The van der Waals surface area contributed by atoms with Crippen molar-refractivity contribution in [2.45, 2.75) is 58.4 Å². The standard InChI is InChI=1S/C16H25N3O3/c1-9(14-10(2)18-19(4)11(14)3)15(20)17-13-7-5-12(6-8-13)16(21)22/h9,12-13H,5-8H2,1-4H3,(H,17,20)(H,21,22). The molecule has 0 radical (unpaired) electrons. The number of aryl methyl sites for hydroxylation is 2. The van der Waals surface area contributed by atoms with Crippen LogP contribution in [-0.2, 0) is 16.6 Å². The van der Waals surface area contributed by atoms with Gasteiger partial charge in [-0.15, -0.1) is 0 Å². The first-order chi connectivity index (χ1) is 10.3. The van der Waals surface area contributed by atoms with Gasteiger partial charge in [-0.25, -0.2) is 0 Å². The second kappa shape index (κ2) is 6.50. The summed E-state index contributed by atoms with van der Waals surface area (Å²) in [6.07, 6.45) is 2.75. The van der Waals surface area contributed by atoms with Gasteiger partial charge in [-0.05, 0) is 46.5 Å². The van der Waals surface area contributed by atoms with Crippen molar-refractivity contribution in [3.05, 3.63) is 17.0 Å². The first-order valence-electron chi connectivity index (χ1n) is 7.84. The van der Waals surface area contributed by atoms with Gasteiger partial charge in [0.25, 0.3) is 0 Å². The molecule has 122 valence electrons. The Balaban J connectivity index is 1.96. The molecule has 2 N–H and O–H groups in total. The van der Waals surface area contributed by atoms with Crippen molar-refractivity contribution in [3.8, 4) is 0 Å². The molecule has 1 aromatic rings. The zero-order valence-electron chi connectivity index (χ0n) is 13.7. The number of hydrogen-bond acceptors (Lipinski definition) is 3. The summed E-state index contributed by atoms with van der Waals surface area (Å²) in [4.78, 5) is 23.4. The van der Waals surface area contributed by atoms with Crippen LogP contribution in [0.25, 0.3) is 0 Å². The monoisotopic (exact) mass is 307 g/mol. The van der Waals surface area contributed by atoms with Crippen LogP contribution in [0.15, 0.2) is 0 Å². The third kappa shape index (κ3) is 3.31. The van der Waals surface area contributed by atoms with Crippen molar-refractivity contribution in [1.29, 1.82) is 0 Å². The zero-order chi connectivity index (χ0) is 16.4. The smallest absolute Gasteiger partial charge is 0.306 e. The largest absolute Gasteiger partial charge is 0.481 e. The zero-order valence-corrected chi connectivity index (χ0v) is 13.7. The Morgan fingerprint density at radius 2 is 1.86 bits per heavy atom. The Hall–Kier alpha value is -1.85. The molecule has 6 heteroatoms. The van der Waals surface area contributed by atoms with Gasteiger partial charge in [0.1, 0.15) is 0 Å². The van der Waals surface area contributed by atoms with Gasteiger partial charge in [0, 0.05) is 24.3 Å². The van der Waals surface area contributed by atoms with Gasteiger partial charge in [-0.2, -0.15) is 5.10 Å². The number of rotatable bonds is 4. The van der Waals surface area contributed by atoms with Crippen LogP contribution in [0.2, 0.25) is 0 Å². The summed E-state index contributed by atoms with van der Waals surface area (Å²) < 4.78 is 1.80. The number of hydrogen-bond donors (Lipinski definition) is 2. The Bertz CT molecular complexity index is 571. The van der Waals surface area contributed by atoms with E-state index in [1.165, 1.54) is 0 Å². The highest BCUT2D eigenvalue weighted by Crippen LogP contribution is 2.27. The van der Waals surface area contributed by atoms with Crippen LogP contribution in [0.1, 0.15) is 55.5 Å². The number of nitrogens with zero attached hydrogens (tertiary/aromatic N) is 2. The van der Waals surface area contributed by atoms with Gasteiger partial charge < -0.3 is 10.4 Å². The maximum Gasteiger partial charge on any atom is 0.306 e. The lowest BCUT2D eigenvalue weighted by Gasteiger charge is -2.28. The number of aliphatic carboxylic acids is 1. The van der Waals surface area contributed by atoms with Gasteiger partial charge in [-0.1, -0.05) is 0 Å². The molecular formula is C16H25N3O3. The number of amides is 1. The molecule has 1 aliphatic rings. The molecule has 0 saturated heterocycles. The van der Waals surface area contributed by atoms with E-state index in [1.807, 2.05) is 27.8 Å². The maximum atomic E-state index is 12.5. The quantitative estimate of drug-likeness (QED) is 0.890. The van der Waals surface area contributed by atoms with Gasteiger partial charge in [-0.3, -0.25) is 14.3 Å². The number of carboxylic acids is 1. The minimum Gasteiger partial charge on any atom is -0.481 e. The van der Waals surface area contributed by atoms with E-state index in [2.05, 4.69) is 10.4 Å². The van der Waals surface area contributed by atoms with Crippen molar-refractivity contribution in [3.63, 3.8) is 0 Å². The van der Waals surface area contributed by atoms with Crippen molar-refractivity contribution >= 4 is 11.9 Å². The summed E-state index contributed by atoms with van der Waals surface area (Å²) in [6.45, 7) is 5.79. The SMILES string of the molecule is Cc1nn(C)c(C)c1C(C)C(=O)NC1CCC(C(=O)O)CC1. The number of carboxylic acid groups (broad SMARTS) is 1. The molecule has 1 fully saturated rings. The number of carbonyl (C=O) groups is 2. The lowest BCUT2D eigenvalue weighted by molar-refractivity contribution is -0.142. The summed E-state index contributed by atoms with van der Waals surface area (Å²) in [7, 11) is 1.88. The number of carbonyl (C=O) groups excluding carboxylic acids is 1. The Morgan fingerprint density at radius 1 is 1.27 bits per heavy atom. The predicted molar refractivity (Wildman–Crippen MR) is 82.6 cm³/mol. The molecule has 1 heterocycles. The van der Waals surface area contributed by atoms with E-state index < -0.39 is 5.97 Å². The molecule has 1 aliphatic carbocycles. The van der Waals surface area contributed by atoms with Crippen LogP contribution >= 0.6 is 0 Å². The Kier molecular flexibility index (Phi) is 4.88. The molecule has 2 rings (SSSR count). The molecule has 1 saturated carbocycles. The first-order valence-corrected chi connectivity index (χ1v) is 7.84. The van der Waals surface area contributed by atoms with E-state index in [1.54, 1.807) is 4.68 Å². The van der Waals surface area contributed by atoms with Crippen LogP contribution in [0.5, 0.6) is 0 Å². The van der Waals surface area contributed by atoms with Crippen molar-refractivity contribution in [2.24, 2.45) is 13.0 Å². The molecule has 1 aromatic heterocycles. The summed E-state index contributed by atoms with van der Waals surface area (Å²) in [5.74, 6) is -1.22. The number of nitrogens with one attached hydrogen (secondary N) is 1. The van der Waals surface area contributed by atoms with Crippen molar-refractivity contribution in [1.82, 2.24) is 15.1 Å². The molecule has 0 aromatic carbocycles. The topological polar surface area (TPSA) is 84.2 Å². The molecule has 0 spiro atoms. The Morgan fingerprint density at radius 3 is 2.32 bits per heavy atom. The van der Waals surface area contributed by atoms with Gasteiger partial charge >= 0.3 is 5.97 Å². The fourth-order valence-corrected chi connectivity index (χ4v) is 3.36. The van der Waals surface area contributed by atoms with E-state index in [-0.39, 0.29) is 23.8 Å². The molecule has 1 atom stereocenters. The molecule has 0 aliphatic heterocycles. The third-order valence-electron chi connectivity index (χ3n) is 4.81. The van der Waals surface area contributed by atoms with Gasteiger partial charge in [0.2, 0.25) is 5.91 Å². The molecular weight excluding hydrogens is 282 g/mol. The summed E-state index contributed by atoms with van der Waals surface area (Å²) in [5.41, 5.74) is 2.88. The molecule has 0 bridgehead atoms. The molecule has 22 heavy (non-hydrogen) atoms. The summed E-state index contributed by atoms with van der Waals surface area (Å²) in [5, 5.41) is 16.4. The van der Waals surface area contributed by atoms with E-state index >= 15 is 0 Å². The normalized spacial score (nSPS) is 23.1. The maximum absolute atomic E-state index is 12.5. The highest BCUT2D eigenvalue weighted by molar-refractivity contribution is 5.84. The highest BCUT2D eigenvalue weighted by Gasteiger charge is 2.29. The lowest BCUT2D eigenvalue weighted by atomic mass is 9.85. The molecule has 6 nitrogen and oxygen atoms in total. The van der Waals surface area contributed by atoms with Crippen LogP contribution in [0.4, 0.5) is 0 Å². The van der Waals surface area contributed by atoms with Crippen LogP contribution in [-0.4, -0.2) is 32.8 Å². The average molecular weight is 307 g/mol. The second-order valence-corrected chi connectivity index (χ2v) is 6.33. The van der Waals surface area contributed by atoms with Gasteiger partial charge in [0.05, 0.1) is 17.5 Å². The minimum absolute atomic E-state index is 0.00187. The van der Waals surface area contributed by atoms with Crippen LogP contribution in [0.3, 0.4) is 0 Å². The van der Waals surface area contributed by atoms with Crippen LogP contribution in [0, 0.1) is 19.8 Å². The third-order valence-corrected chi connectivity index (χ3v) is 4.81. The van der Waals surface area contributed by atoms with Crippen LogP contribution < -0.4 is 5.32 Å². The van der Waals surface area contributed by atoms with E-state index in [0.717, 1.165) is 29.8 Å². The van der Waals surface area contributed by atoms with E-state index in [4.69, 9.17) is 5.11 Å². The average Bonchev–Trinajstić information content (AvgIpc) is 2.72. The Labute approximate surface area is 130 Å². The second-order valence-electron chi connectivity index (χ2n) is 6.33. The fourth-order valence-electron chi connectivity index (χ4n) is 3.36. The van der Waals surface area contributed by atoms with Crippen molar-refractivity contribution < 1.29 is 14.7 Å².